The number of aryl methyl sites for hydroxylation is 1. The highest BCUT2D eigenvalue weighted by Crippen LogP contribution is 2.35. The number of nitrogens with one attached hydrogen (secondary N) is 1. The second kappa shape index (κ2) is 7.44. The van der Waals surface area contributed by atoms with Gasteiger partial charge in [-0.3, -0.25) is 4.68 Å². The maximum Gasteiger partial charge on any atom is 0.573 e. The van der Waals surface area contributed by atoms with Crippen molar-refractivity contribution in [2.45, 2.75) is 46.0 Å². The second-order valence-electron chi connectivity index (χ2n) is 8.34. The van der Waals surface area contributed by atoms with Gasteiger partial charge in [0.1, 0.15) is 11.4 Å². The number of hydrogen-bond acceptors (Lipinski definition) is 3. The summed E-state index contributed by atoms with van der Waals surface area (Å²) < 4.78 is 44.5. The third-order valence-electron chi connectivity index (χ3n) is 5.00. The van der Waals surface area contributed by atoms with Crippen LogP contribution in [0.2, 0.25) is 0 Å². The molecule has 8 heteroatoms. The van der Waals surface area contributed by atoms with Crippen LogP contribution in [-0.4, -0.2) is 26.1 Å². The van der Waals surface area contributed by atoms with Gasteiger partial charge in [0.2, 0.25) is 0 Å². The first-order valence-electron chi connectivity index (χ1n) is 9.99. The molecule has 31 heavy (non-hydrogen) atoms. The average Bonchev–Trinajstić information content (AvgIpc) is 3.30. The van der Waals surface area contributed by atoms with Crippen molar-refractivity contribution < 1.29 is 17.9 Å². The van der Waals surface area contributed by atoms with Gasteiger partial charge in [0.05, 0.1) is 16.7 Å². The van der Waals surface area contributed by atoms with Crippen molar-refractivity contribution in [3.05, 3.63) is 54.2 Å². The highest BCUT2D eigenvalue weighted by atomic mass is 19.4. The molecule has 0 saturated carbocycles. The van der Waals surface area contributed by atoms with Crippen LogP contribution < -0.4 is 4.74 Å². The van der Waals surface area contributed by atoms with E-state index < -0.39 is 6.36 Å². The van der Waals surface area contributed by atoms with Gasteiger partial charge in [0.25, 0.3) is 0 Å². The molecule has 0 bridgehead atoms. The molecule has 0 unspecified atom stereocenters. The third kappa shape index (κ3) is 4.28. The number of para-hydroxylation sites is 1. The Bertz CT molecular complexity index is 1230. The largest absolute Gasteiger partial charge is 0.573 e. The number of H-pyrrole nitrogens is 1. The highest BCUT2D eigenvalue weighted by molar-refractivity contribution is 5.85. The molecule has 162 valence electrons. The van der Waals surface area contributed by atoms with Crippen LogP contribution in [0.15, 0.2) is 48.5 Å². The highest BCUT2D eigenvalue weighted by Gasteiger charge is 2.32. The van der Waals surface area contributed by atoms with Crippen LogP contribution in [0.1, 0.15) is 33.4 Å². The van der Waals surface area contributed by atoms with Crippen molar-refractivity contribution in [1.82, 2.24) is 19.7 Å². The number of rotatable bonds is 4. The lowest BCUT2D eigenvalue weighted by Gasteiger charge is -2.13. The number of nitrogens with zero attached hydrogens (tertiary/aromatic N) is 3. The number of ether oxygens (including phenoxy) is 1. The number of halogens is 3. The van der Waals surface area contributed by atoms with E-state index in [1.54, 1.807) is 30.3 Å². The number of imidazole rings is 1. The van der Waals surface area contributed by atoms with Crippen molar-refractivity contribution in [1.29, 1.82) is 0 Å². The lowest BCUT2D eigenvalue weighted by atomic mass is 9.92. The van der Waals surface area contributed by atoms with E-state index in [2.05, 4.69) is 35.5 Å². The first-order valence-corrected chi connectivity index (χ1v) is 9.99. The summed E-state index contributed by atoms with van der Waals surface area (Å²) in [4.78, 5) is 7.97. The molecule has 0 amide bonds. The normalized spacial score (nSPS) is 12.5. The van der Waals surface area contributed by atoms with Gasteiger partial charge in [-0.25, -0.2) is 4.98 Å². The van der Waals surface area contributed by atoms with Crippen molar-refractivity contribution in [2.24, 2.45) is 0 Å². The quantitative estimate of drug-likeness (QED) is 0.414. The molecule has 0 aliphatic heterocycles. The van der Waals surface area contributed by atoms with Crippen molar-refractivity contribution in [2.75, 3.05) is 0 Å². The Labute approximate surface area is 177 Å². The number of fused-ring (bicyclic) bond motifs is 1. The lowest BCUT2D eigenvalue weighted by molar-refractivity contribution is -0.274. The zero-order valence-corrected chi connectivity index (χ0v) is 17.7. The molecule has 2 aromatic carbocycles. The minimum absolute atomic E-state index is 0.101. The number of benzene rings is 2. The molecule has 5 nitrogen and oxygen atoms in total. The number of alkyl halides is 3. The molecule has 2 heterocycles. The van der Waals surface area contributed by atoms with Gasteiger partial charge in [-0.15, -0.1) is 13.2 Å². The van der Waals surface area contributed by atoms with Crippen LogP contribution in [0.25, 0.3) is 33.7 Å². The molecule has 0 aliphatic carbocycles. The van der Waals surface area contributed by atoms with E-state index in [0.717, 1.165) is 16.9 Å². The van der Waals surface area contributed by atoms with E-state index in [-0.39, 0.29) is 11.2 Å². The molecule has 4 aromatic rings. The molecule has 2 aromatic heterocycles. The molecule has 0 fully saturated rings. The Hall–Kier alpha value is -3.29. The van der Waals surface area contributed by atoms with Gasteiger partial charge in [-0.05, 0) is 36.8 Å². The fourth-order valence-corrected chi connectivity index (χ4v) is 3.43. The first kappa shape index (κ1) is 21.0. The Morgan fingerprint density at radius 1 is 1.03 bits per heavy atom. The van der Waals surface area contributed by atoms with E-state index in [0.29, 0.717) is 29.0 Å². The van der Waals surface area contributed by atoms with Crippen LogP contribution in [0.3, 0.4) is 0 Å². The topological polar surface area (TPSA) is 55.7 Å². The minimum Gasteiger partial charge on any atom is -0.405 e. The molecule has 0 saturated heterocycles. The van der Waals surface area contributed by atoms with Crippen molar-refractivity contribution in [3.8, 4) is 28.4 Å². The third-order valence-corrected chi connectivity index (χ3v) is 5.00. The smallest absolute Gasteiger partial charge is 0.405 e. The Balaban J connectivity index is 1.77. The molecule has 0 radical (unpaired) electrons. The molecule has 1 N–H and O–H groups in total. The fourth-order valence-electron chi connectivity index (χ4n) is 3.43. The van der Waals surface area contributed by atoms with E-state index in [9.17, 15) is 13.2 Å². The van der Waals surface area contributed by atoms with Gasteiger partial charge < -0.3 is 9.72 Å². The Morgan fingerprint density at radius 2 is 1.77 bits per heavy atom. The monoisotopic (exact) mass is 428 g/mol. The lowest BCUT2D eigenvalue weighted by Crippen LogP contribution is -2.17. The van der Waals surface area contributed by atoms with Crippen LogP contribution in [0, 0.1) is 0 Å². The summed E-state index contributed by atoms with van der Waals surface area (Å²) in [5, 5.41) is 4.69. The summed E-state index contributed by atoms with van der Waals surface area (Å²) in [6.07, 6.45) is -4.76. The zero-order chi connectivity index (χ0) is 22.4. The van der Waals surface area contributed by atoms with Crippen LogP contribution in [0.5, 0.6) is 5.75 Å². The predicted octanol–water partition coefficient (Wildman–Crippen LogP) is 6.31. The SMILES string of the molecule is CCn1nc(C(C)(C)C)cc1-c1nc2ccc(-c3ccccc3OC(F)(F)F)cc2[nH]1. The Morgan fingerprint density at radius 3 is 2.45 bits per heavy atom. The van der Waals surface area contributed by atoms with E-state index in [1.807, 2.05) is 17.7 Å². The van der Waals surface area contributed by atoms with Gasteiger partial charge >= 0.3 is 6.36 Å². The van der Waals surface area contributed by atoms with Crippen LogP contribution in [-0.2, 0) is 12.0 Å². The standard InChI is InChI=1S/C23H23F3N4O/c1-5-30-18(13-20(29-30)22(2,3)4)21-27-16-11-10-14(12-17(16)28-21)15-8-6-7-9-19(15)31-23(24,25)26/h6-13H,5H2,1-4H3,(H,27,28). The van der Waals surface area contributed by atoms with Crippen LogP contribution in [0.4, 0.5) is 13.2 Å². The van der Waals surface area contributed by atoms with Crippen molar-refractivity contribution >= 4 is 11.0 Å². The maximum absolute atomic E-state index is 12.8. The Kier molecular flexibility index (Phi) is 5.03. The molecule has 4 rings (SSSR count). The summed E-state index contributed by atoms with van der Waals surface area (Å²) in [5.74, 6) is 0.421. The van der Waals surface area contributed by atoms with Crippen molar-refractivity contribution in [3.63, 3.8) is 0 Å². The predicted molar refractivity (Wildman–Crippen MR) is 114 cm³/mol. The molecular formula is C23H23F3N4O. The van der Waals surface area contributed by atoms with E-state index in [1.165, 1.54) is 12.1 Å². The van der Waals surface area contributed by atoms with Gasteiger partial charge in [-0.2, -0.15) is 5.10 Å². The number of aromatic amines is 1. The van der Waals surface area contributed by atoms with Gasteiger partial charge in [-0.1, -0.05) is 45.0 Å². The maximum atomic E-state index is 12.8. The fraction of sp³-hybridized carbons (Fsp3) is 0.304. The summed E-state index contributed by atoms with van der Waals surface area (Å²) in [6.45, 7) is 9.01. The zero-order valence-electron chi connectivity index (χ0n) is 17.7. The molecule has 0 aliphatic rings. The second-order valence-corrected chi connectivity index (χ2v) is 8.34. The summed E-state index contributed by atoms with van der Waals surface area (Å²) in [7, 11) is 0. The van der Waals surface area contributed by atoms with E-state index >= 15 is 0 Å². The van der Waals surface area contributed by atoms with Gasteiger partial charge in [0.15, 0.2) is 5.82 Å². The average molecular weight is 428 g/mol. The molecule has 0 spiro atoms. The molecular weight excluding hydrogens is 405 g/mol. The van der Waals surface area contributed by atoms with Crippen LogP contribution >= 0.6 is 0 Å². The van der Waals surface area contributed by atoms with E-state index in [4.69, 9.17) is 5.10 Å². The summed E-state index contributed by atoms with van der Waals surface area (Å²) in [5.41, 5.74) is 4.11. The van der Waals surface area contributed by atoms with Gasteiger partial charge in [0, 0.05) is 17.5 Å². The first-order chi connectivity index (χ1) is 14.5. The molecule has 0 atom stereocenters. The number of aromatic nitrogens is 4. The minimum atomic E-state index is -4.76. The number of hydrogen-bond donors (Lipinski definition) is 1. The summed E-state index contributed by atoms with van der Waals surface area (Å²) >= 11 is 0. The summed E-state index contributed by atoms with van der Waals surface area (Å²) in [6, 6.07) is 13.4.